The Kier molecular flexibility index (Phi) is 2.94. The highest BCUT2D eigenvalue weighted by molar-refractivity contribution is 6.06. The minimum Gasteiger partial charge on any atom is -0.322 e. The first kappa shape index (κ1) is 12.0. The summed E-state index contributed by atoms with van der Waals surface area (Å²) in [6.07, 6.45) is 7.05. The first-order valence-corrected chi connectivity index (χ1v) is 6.07. The Morgan fingerprint density at radius 2 is 2.15 bits per heavy atom. The third-order valence-corrected chi connectivity index (χ3v) is 2.99. The highest BCUT2D eigenvalue weighted by Gasteiger charge is 2.07. The quantitative estimate of drug-likeness (QED) is 0.697. The number of hydrogen-bond donors (Lipinski definition) is 2. The number of nitrogens with one attached hydrogen (secondary N) is 2. The van der Waals surface area contributed by atoms with Crippen LogP contribution in [0.15, 0.2) is 48.7 Å². The molecule has 96 valence electrons. The summed E-state index contributed by atoms with van der Waals surface area (Å²) in [7, 11) is 0. The Hall–Kier alpha value is -3.06. The van der Waals surface area contributed by atoms with Gasteiger partial charge in [-0.25, -0.2) is 0 Å². The van der Waals surface area contributed by atoms with Crippen molar-refractivity contribution in [3.05, 3.63) is 59.8 Å². The highest BCUT2D eigenvalue weighted by Crippen LogP contribution is 2.15. The van der Waals surface area contributed by atoms with E-state index in [-0.39, 0.29) is 5.91 Å². The SMILES string of the molecule is C#Cc1cccc(NC(=O)c2ccc3cn[nH]c3c2)c1. The number of carbonyl (C=O) groups excluding carboxylic acids is 1. The Morgan fingerprint density at radius 1 is 1.25 bits per heavy atom. The van der Waals surface area contributed by atoms with Crippen molar-refractivity contribution in [2.75, 3.05) is 5.32 Å². The summed E-state index contributed by atoms with van der Waals surface area (Å²) < 4.78 is 0. The second-order valence-electron chi connectivity index (χ2n) is 4.35. The molecule has 2 N–H and O–H groups in total. The van der Waals surface area contributed by atoms with Gasteiger partial charge in [-0.2, -0.15) is 5.10 Å². The molecule has 4 heteroatoms. The zero-order valence-electron chi connectivity index (χ0n) is 10.6. The summed E-state index contributed by atoms with van der Waals surface area (Å²) in [5.74, 6) is 2.35. The molecule has 0 radical (unpaired) electrons. The van der Waals surface area contributed by atoms with Crippen LogP contribution in [-0.4, -0.2) is 16.1 Å². The van der Waals surface area contributed by atoms with Crippen LogP contribution in [0, 0.1) is 12.3 Å². The summed E-state index contributed by atoms with van der Waals surface area (Å²) in [5.41, 5.74) is 2.80. The zero-order valence-corrected chi connectivity index (χ0v) is 10.6. The van der Waals surface area contributed by atoms with Gasteiger partial charge < -0.3 is 5.32 Å². The Bertz CT molecular complexity index is 827. The number of anilines is 1. The third kappa shape index (κ3) is 2.25. The molecule has 4 nitrogen and oxygen atoms in total. The molecule has 3 rings (SSSR count). The van der Waals surface area contributed by atoms with Crippen LogP contribution >= 0.6 is 0 Å². The number of aromatic nitrogens is 2. The molecule has 0 spiro atoms. The van der Waals surface area contributed by atoms with Gasteiger partial charge in [-0.15, -0.1) is 6.42 Å². The molecule has 0 bridgehead atoms. The molecule has 2 aromatic carbocycles. The van der Waals surface area contributed by atoms with Crippen molar-refractivity contribution < 1.29 is 4.79 Å². The minimum atomic E-state index is -0.185. The Balaban J connectivity index is 1.86. The minimum absolute atomic E-state index is 0.185. The lowest BCUT2D eigenvalue weighted by Crippen LogP contribution is -2.11. The number of fused-ring (bicyclic) bond motifs is 1. The summed E-state index contributed by atoms with van der Waals surface area (Å²) in [6.45, 7) is 0. The lowest BCUT2D eigenvalue weighted by molar-refractivity contribution is 0.102. The first-order chi connectivity index (χ1) is 9.76. The largest absolute Gasteiger partial charge is 0.322 e. The van der Waals surface area contributed by atoms with Gasteiger partial charge >= 0.3 is 0 Å². The van der Waals surface area contributed by atoms with E-state index < -0.39 is 0 Å². The maximum atomic E-state index is 12.2. The number of benzene rings is 2. The topological polar surface area (TPSA) is 57.8 Å². The second-order valence-corrected chi connectivity index (χ2v) is 4.35. The average Bonchev–Trinajstić information content (AvgIpc) is 2.94. The molecule has 0 atom stereocenters. The van der Waals surface area contributed by atoms with Crippen LogP contribution in [0.1, 0.15) is 15.9 Å². The van der Waals surface area contributed by atoms with E-state index in [4.69, 9.17) is 6.42 Å². The molecule has 0 aliphatic rings. The maximum Gasteiger partial charge on any atom is 0.255 e. The van der Waals surface area contributed by atoms with Crippen molar-refractivity contribution >= 4 is 22.5 Å². The van der Waals surface area contributed by atoms with E-state index in [1.165, 1.54) is 0 Å². The molecular formula is C16H11N3O. The third-order valence-electron chi connectivity index (χ3n) is 2.99. The standard InChI is InChI=1S/C16H11N3O/c1-2-11-4-3-5-14(8-11)18-16(20)12-6-7-13-10-17-19-15(13)9-12/h1,3-10H,(H,17,19)(H,18,20). The number of hydrogen-bond acceptors (Lipinski definition) is 2. The number of carbonyl (C=O) groups is 1. The van der Waals surface area contributed by atoms with Gasteiger partial charge in [0.05, 0.1) is 11.7 Å². The molecule has 0 unspecified atom stereocenters. The smallest absolute Gasteiger partial charge is 0.255 e. The van der Waals surface area contributed by atoms with Crippen molar-refractivity contribution in [1.29, 1.82) is 0 Å². The maximum absolute atomic E-state index is 12.2. The molecule has 1 aromatic heterocycles. The van der Waals surface area contributed by atoms with E-state index in [2.05, 4.69) is 21.4 Å². The van der Waals surface area contributed by atoms with Gasteiger partial charge in [0.15, 0.2) is 0 Å². The summed E-state index contributed by atoms with van der Waals surface area (Å²) in [4.78, 5) is 12.2. The van der Waals surface area contributed by atoms with E-state index in [1.54, 1.807) is 30.5 Å². The van der Waals surface area contributed by atoms with Gasteiger partial charge in [0.25, 0.3) is 5.91 Å². The Morgan fingerprint density at radius 3 is 3.00 bits per heavy atom. The number of amides is 1. The lowest BCUT2D eigenvalue weighted by atomic mass is 10.1. The van der Waals surface area contributed by atoms with Gasteiger partial charge in [-0.3, -0.25) is 9.89 Å². The average molecular weight is 261 g/mol. The van der Waals surface area contributed by atoms with Gasteiger partial charge in [0, 0.05) is 22.2 Å². The first-order valence-electron chi connectivity index (χ1n) is 6.07. The number of H-pyrrole nitrogens is 1. The number of nitrogens with zero attached hydrogens (tertiary/aromatic N) is 1. The number of rotatable bonds is 2. The summed E-state index contributed by atoms with van der Waals surface area (Å²) in [6, 6.07) is 12.6. The van der Waals surface area contributed by atoms with Crippen molar-refractivity contribution in [2.45, 2.75) is 0 Å². The van der Waals surface area contributed by atoms with Crippen molar-refractivity contribution in [1.82, 2.24) is 10.2 Å². The van der Waals surface area contributed by atoms with Crippen LogP contribution < -0.4 is 5.32 Å². The fourth-order valence-electron chi connectivity index (χ4n) is 1.97. The number of terminal acetylenes is 1. The van der Waals surface area contributed by atoms with Crippen molar-refractivity contribution in [3.8, 4) is 12.3 Å². The van der Waals surface area contributed by atoms with E-state index in [9.17, 15) is 4.79 Å². The molecule has 0 fully saturated rings. The molecule has 20 heavy (non-hydrogen) atoms. The second kappa shape index (κ2) is 4.90. The predicted molar refractivity (Wildman–Crippen MR) is 78.4 cm³/mol. The van der Waals surface area contributed by atoms with Crippen LogP contribution in [-0.2, 0) is 0 Å². The molecule has 3 aromatic rings. The van der Waals surface area contributed by atoms with Crippen LogP contribution in [0.3, 0.4) is 0 Å². The fraction of sp³-hybridized carbons (Fsp3) is 0. The van der Waals surface area contributed by atoms with Gasteiger partial charge in [0.1, 0.15) is 0 Å². The van der Waals surface area contributed by atoms with Gasteiger partial charge in [-0.1, -0.05) is 18.1 Å². The summed E-state index contributed by atoms with van der Waals surface area (Å²) in [5, 5.41) is 10.6. The van der Waals surface area contributed by atoms with Crippen molar-refractivity contribution in [3.63, 3.8) is 0 Å². The molecule has 1 heterocycles. The van der Waals surface area contributed by atoms with Crippen molar-refractivity contribution in [2.24, 2.45) is 0 Å². The zero-order chi connectivity index (χ0) is 13.9. The predicted octanol–water partition coefficient (Wildman–Crippen LogP) is 2.80. The van der Waals surface area contributed by atoms with E-state index in [0.717, 1.165) is 16.5 Å². The molecule has 1 amide bonds. The lowest BCUT2D eigenvalue weighted by Gasteiger charge is -2.05. The molecule has 0 aliphatic heterocycles. The molecular weight excluding hydrogens is 250 g/mol. The van der Waals surface area contributed by atoms with Gasteiger partial charge in [0.2, 0.25) is 0 Å². The molecule has 0 aliphatic carbocycles. The van der Waals surface area contributed by atoms with E-state index >= 15 is 0 Å². The molecule has 0 saturated carbocycles. The fourth-order valence-corrected chi connectivity index (χ4v) is 1.97. The van der Waals surface area contributed by atoms with Crippen LogP contribution in [0.5, 0.6) is 0 Å². The van der Waals surface area contributed by atoms with Crippen LogP contribution in [0.2, 0.25) is 0 Å². The normalized spacial score (nSPS) is 10.2. The van der Waals surface area contributed by atoms with Gasteiger partial charge in [-0.05, 0) is 30.3 Å². The summed E-state index contributed by atoms with van der Waals surface area (Å²) >= 11 is 0. The van der Waals surface area contributed by atoms with Crippen LogP contribution in [0.25, 0.3) is 10.9 Å². The Labute approximate surface area is 115 Å². The molecule has 0 saturated heterocycles. The number of aromatic amines is 1. The van der Waals surface area contributed by atoms with E-state index in [1.807, 2.05) is 18.2 Å². The van der Waals surface area contributed by atoms with E-state index in [0.29, 0.717) is 11.3 Å². The highest BCUT2D eigenvalue weighted by atomic mass is 16.1. The van der Waals surface area contributed by atoms with Crippen LogP contribution in [0.4, 0.5) is 5.69 Å². The monoisotopic (exact) mass is 261 g/mol.